The fourth-order valence-electron chi connectivity index (χ4n) is 6.19. The summed E-state index contributed by atoms with van der Waals surface area (Å²) in [5.41, 5.74) is 0. The summed E-state index contributed by atoms with van der Waals surface area (Å²) in [4.78, 5) is 1.55. The van der Waals surface area contributed by atoms with Crippen molar-refractivity contribution in [1.29, 1.82) is 0 Å². The average molecular weight is 537 g/mol. The highest BCUT2D eigenvalue weighted by Crippen LogP contribution is 2.38. The lowest BCUT2D eigenvalue weighted by atomic mass is 9.96. The Labute approximate surface area is 235 Å². The number of rotatable bonds is 13. The van der Waals surface area contributed by atoms with Crippen LogP contribution in [0.5, 0.6) is 0 Å². The molecule has 0 nitrogen and oxygen atoms in total. The van der Waals surface area contributed by atoms with Crippen LogP contribution in [-0.4, -0.2) is 0 Å². The largest absolute Gasteiger partial charge is 0.144 e. The molecule has 0 amide bonds. The first-order valence-corrected chi connectivity index (χ1v) is 16.7. The quantitative estimate of drug-likeness (QED) is 0.102. The Morgan fingerprint density at radius 1 is 0.474 bits per heavy atom. The second kappa shape index (κ2) is 12.2. The van der Waals surface area contributed by atoms with Crippen molar-refractivity contribution in [2.24, 2.45) is 0 Å². The van der Waals surface area contributed by atoms with Gasteiger partial charge in [-0.25, -0.2) is 0 Å². The van der Waals surface area contributed by atoms with Gasteiger partial charge < -0.3 is 0 Å². The zero-order valence-corrected chi connectivity index (χ0v) is 24.5. The summed E-state index contributed by atoms with van der Waals surface area (Å²) in [7, 11) is 0. The van der Waals surface area contributed by atoms with Crippen LogP contribution in [0.15, 0.2) is 66.0 Å². The van der Waals surface area contributed by atoms with E-state index >= 15 is 0 Å². The van der Waals surface area contributed by atoms with E-state index in [-0.39, 0.29) is 0 Å². The van der Waals surface area contributed by atoms with Crippen molar-refractivity contribution in [2.75, 3.05) is 0 Å². The van der Waals surface area contributed by atoms with Gasteiger partial charge in [0.05, 0.1) is 0 Å². The van der Waals surface area contributed by atoms with E-state index in [0.29, 0.717) is 0 Å². The molecule has 0 aliphatic carbocycles. The predicted octanol–water partition coefficient (Wildman–Crippen LogP) is 12.8. The summed E-state index contributed by atoms with van der Waals surface area (Å²) >= 11 is 3.85. The smallest absolute Gasteiger partial charge is 0.0352 e. The molecule has 0 radical (unpaired) electrons. The van der Waals surface area contributed by atoms with Gasteiger partial charge in [0.25, 0.3) is 0 Å². The maximum absolute atomic E-state index is 2.46. The minimum Gasteiger partial charge on any atom is -0.144 e. The van der Waals surface area contributed by atoms with Gasteiger partial charge >= 0.3 is 0 Å². The highest BCUT2D eigenvalue weighted by molar-refractivity contribution is 7.19. The van der Waals surface area contributed by atoms with E-state index in [1.165, 1.54) is 136 Å². The first-order valence-electron chi connectivity index (χ1n) is 15.0. The van der Waals surface area contributed by atoms with Crippen molar-refractivity contribution in [1.82, 2.24) is 0 Å². The van der Waals surface area contributed by atoms with Gasteiger partial charge in [-0.15, -0.1) is 22.7 Å². The summed E-state index contributed by atoms with van der Waals surface area (Å²) in [6.45, 7) is 2.30. The highest BCUT2D eigenvalue weighted by Gasteiger charge is 2.10. The Morgan fingerprint density at radius 3 is 1.71 bits per heavy atom. The number of fused-ring (bicyclic) bond motifs is 7. The lowest BCUT2D eigenvalue weighted by molar-refractivity contribution is 0.544. The predicted molar refractivity (Wildman–Crippen MR) is 175 cm³/mol. The van der Waals surface area contributed by atoms with E-state index < -0.39 is 0 Å². The Hall–Kier alpha value is -2.42. The highest BCUT2D eigenvalue weighted by atomic mass is 32.1. The number of benzene rings is 4. The molecule has 196 valence electrons. The van der Waals surface area contributed by atoms with Crippen molar-refractivity contribution in [3.05, 3.63) is 70.9 Å². The second-order valence-electron chi connectivity index (χ2n) is 11.2. The summed E-state index contributed by atoms with van der Waals surface area (Å²) < 4.78 is 2.81. The first kappa shape index (κ1) is 25.8. The number of aryl methyl sites for hydroxylation is 1. The van der Waals surface area contributed by atoms with Crippen LogP contribution < -0.4 is 0 Å². The van der Waals surface area contributed by atoms with E-state index in [0.717, 1.165) is 0 Å². The zero-order valence-electron chi connectivity index (χ0n) is 22.9. The van der Waals surface area contributed by atoms with Crippen molar-refractivity contribution in [3.63, 3.8) is 0 Å². The topological polar surface area (TPSA) is 0 Å². The summed E-state index contributed by atoms with van der Waals surface area (Å²) in [6, 6.07) is 23.6. The van der Waals surface area contributed by atoms with Crippen LogP contribution in [0.4, 0.5) is 0 Å². The molecule has 6 aromatic rings. The normalized spacial score (nSPS) is 12.1. The molecule has 0 unspecified atom stereocenters. The van der Waals surface area contributed by atoms with Crippen molar-refractivity contribution in [2.45, 2.75) is 90.4 Å². The lowest BCUT2D eigenvalue weighted by Gasteiger charge is -2.08. The van der Waals surface area contributed by atoms with Crippen molar-refractivity contribution < 1.29 is 0 Å². The van der Waals surface area contributed by atoms with Crippen LogP contribution in [-0.2, 0) is 6.42 Å². The Balaban J connectivity index is 1.09. The van der Waals surface area contributed by atoms with E-state index in [2.05, 4.69) is 73.0 Å². The van der Waals surface area contributed by atoms with Gasteiger partial charge in [-0.2, -0.15) is 0 Å². The summed E-state index contributed by atoms with van der Waals surface area (Å²) in [5, 5.41) is 13.2. The summed E-state index contributed by atoms with van der Waals surface area (Å²) in [6.07, 6.45) is 18.2. The van der Waals surface area contributed by atoms with E-state index in [9.17, 15) is 0 Å². The lowest BCUT2D eigenvalue weighted by Crippen LogP contribution is -1.84. The molecular formula is C36H40S2. The van der Waals surface area contributed by atoms with Gasteiger partial charge in [-0.05, 0) is 97.7 Å². The van der Waals surface area contributed by atoms with Crippen LogP contribution in [0.3, 0.4) is 0 Å². The minimum atomic E-state index is 1.23. The van der Waals surface area contributed by atoms with Gasteiger partial charge in [-0.1, -0.05) is 102 Å². The van der Waals surface area contributed by atoms with Crippen LogP contribution in [0.25, 0.3) is 52.5 Å². The molecule has 4 aromatic carbocycles. The molecule has 38 heavy (non-hydrogen) atoms. The molecule has 0 aliphatic heterocycles. The Morgan fingerprint density at radius 2 is 1.05 bits per heavy atom. The zero-order chi connectivity index (χ0) is 25.7. The fourth-order valence-corrected chi connectivity index (χ4v) is 8.13. The maximum Gasteiger partial charge on any atom is 0.0352 e. The number of hydrogen-bond acceptors (Lipinski definition) is 2. The van der Waals surface area contributed by atoms with Crippen LogP contribution in [0, 0.1) is 0 Å². The van der Waals surface area contributed by atoms with Gasteiger partial charge in [0, 0.05) is 14.3 Å². The summed E-state index contributed by atoms with van der Waals surface area (Å²) in [5.74, 6) is 0. The molecule has 2 heterocycles. The molecular weight excluding hydrogens is 497 g/mol. The minimum absolute atomic E-state index is 1.23. The molecule has 0 aliphatic rings. The van der Waals surface area contributed by atoms with Gasteiger partial charge in [0.2, 0.25) is 0 Å². The molecule has 0 saturated carbocycles. The molecule has 0 saturated heterocycles. The van der Waals surface area contributed by atoms with Crippen LogP contribution >= 0.6 is 22.7 Å². The number of unbranched alkanes of at least 4 members (excludes halogenated alkanes) is 11. The van der Waals surface area contributed by atoms with E-state index in [4.69, 9.17) is 0 Å². The average Bonchev–Trinajstić information content (AvgIpc) is 3.56. The molecule has 0 atom stereocenters. The van der Waals surface area contributed by atoms with Gasteiger partial charge in [0.15, 0.2) is 0 Å². The van der Waals surface area contributed by atoms with Crippen molar-refractivity contribution in [3.8, 4) is 0 Å². The van der Waals surface area contributed by atoms with Crippen LogP contribution in [0.1, 0.15) is 88.9 Å². The molecule has 6 rings (SSSR count). The molecule has 0 N–H and O–H groups in total. The standard InChI is InChI=1S/C36H40S2/c1-2-3-4-5-6-7-8-9-10-11-12-13-14-30-23-29-22-27-16-18-31-32(34(27)25-36(29)38-30)17-15-26-21-28-19-20-37-35(28)24-33(26)31/h15-25H,2-14H2,1H3. The number of hydrogen-bond donors (Lipinski definition) is 0. The maximum atomic E-state index is 2.46. The fraction of sp³-hybridized carbons (Fsp3) is 0.389. The van der Waals surface area contributed by atoms with Crippen LogP contribution in [0.2, 0.25) is 0 Å². The van der Waals surface area contributed by atoms with E-state index in [1.807, 2.05) is 22.7 Å². The Bertz CT molecular complexity index is 1670. The van der Waals surface area contributed by atoms with Crippen molar-refractivity contribution >= 4 is 75.2 Å². The molecule has 0 spiro atoms. The van der Waals surface area contributed by atoms with Gasteiger partial charge in [-0.3, -0.25) is 0 Å². The molecule has 0 fully saturated rings. The first-order chi connectivity index (χ1) is 18.8. The number of thiophene rings is 2. The second-order valence-corrected chi connectivity index (χ2v) is 13.3. The molecule has 0 bridgehead atoms. The SMILES string of the molecule is CCCCCCCCCCCCCCc1cc2cc3ccc4c5cc6sccc6cc5ccc4c3cc2s1. The third-order valence-electron chi connectivity index (χ3n) is 8.37. The molecule has 2 aromatic heterocycles. The van der Waals surface area contributed by atoms with Gasteiger partial charge in [0.1, 0.15) is 0 Å². The third-order valence-corrected chi connectivity index (χ3v) is 10.4. The monoisotopic (exact) mass is 536 g/mol. The third kappa shape index (κ3) is 5.63. The Kier molecular flexibility index (Phi) is 8.28. The molecule has 2 heteroatoms. The van der Waals surface area contributed by atoms with E-state index in [1.54, 1.807) is 4.88 Å².